The van der Waals surface area contributed by atoms with Crippen LogP contribution in [0.3, 0.4) is 0 Å². The summed E-state index contributed by atoms with van der Waals surface area (Å²) in [6, 6.07) is 6.91. The molecule has 0 amide bonds. The number of hydrogen-bond acceptors (Lipinski definition) is 5. The van der Waals surface area contributed by atoms with Crippen molar-refractivity contribution in [3.05, 3.63) is 34.9 Å². The summed E-state index contributed by atoms with van der Waals surface area (Å²) in [5, 5.41) is 3.90. The van der Waals surface area contributed by atoms with Crippen molar-refractivity contribution in [1.82, 2.24) is 5.32 Å². The van der Waals surface area contributed by atoms with Gasteiger partial charge in [-0.15, -0.1) is 0 Å². The molecule has 1 aliphatic rings. The number of carbonyl (C=O) groups excluding carboxylic acids is 2. The molecule has 1 aromatic rings. The van der Waals surface area contributed by atoms with Crippen LogP contribution in [0.15, 0.2) is 24.3 Å². The van der Waals surface area contributed by atoms with E-state index >= 15 is 0 Å². The standard InChI is InChI=1S/C18H24ClNO4/c1-5-23-16(21)14-10-18(4,17(22)24-11(2)3)20-15(14)12-6-8-13(19)9-7-12/h6-9,11,14-15,20H,5,10H2,1-4H3/t14-,15-,18-/m1/s1. The van der Waals surface area contributed by atoms with E-state index in [1.54, 1.807) is 39.8 Å². The van der Waals surface area contributed by atoms with Crippen molar-refractivity contribution >= 4 is 23.5 Å². The maximum absolute atomic E-state index is 12.5. The SMILES string of the molecule is CCOC(=O)[C@@H]1C[C@](C)(C(=O)OC(C)C)N[C@@H]1c1ccc(Cl)cc1. The van der Waals surface area contributed by atoms with Crippen molar-refractivity contribution in [2.75, 3.05) is 6.61 Å². The van der Waals surface area contributed by atoms with Crippen LogP contribution < -0.4 is 5.32 Å². The maximum Gasteiger partial charge on any atom is 0.326 e. The molecule has 1 aromatic carbocycles. The highest BCUT2D eigenvalue weighted by molar-refractivity contribution is 6.30. The largest absolute Gasteiger partial charge is 0.466 e. The minimum absolute atomic E-state index is 0.216. The summed E-state index contributed by atoms with van der Waals surface area (Å²) < 4.78 is 10.6. The van der Waals surface area contributed by atoms with Crippen LogP contribution in [0.4, 0.5) is 0 Å². The first-order valence-corrected chi connectivity index (χ1v) is 8.55. The molecule has 2 rings (SSSR count). The third kappa shape index (κ3) is 4.08. The van der Waals surface area contributed by atoms with E-state index in [9.17, 15) is 9.59 Å². The average Bonchev–Trinajstić information content (AvgIpc) is 2.87. The number of nitrogens with one attached hydrogen (secondary N) is 1. The summed E-state index contributed by atoms with van der Waals surface area (Å²) in [6.07, 6.45) is 0.108. The van der Waals surface area contributed by atoms with Crippen LogP contribution in [0, 0.1) is 5.92 Å². The van der Waals surface area contributed by atoms with Gasteiger partial charge in [0, 0.05) is 11.1 Å². The van der Waals surface area contributed by atoms with Crippen molar-refractivity contribution in [1.29, 1.82) is 0 Å². The van der Waals surface area contributed by atoms with Gasteiger partial charge in [-0.05, 0) is 51.8 Å². The van der Waals surface area contributed by atoms with Crippen LogP contribution in [0.25, 0.3) is 0 Å². The molecule has 0 radical (unpaired) electrons. The summed E-state index contributed by atoms with van der Waals surface area (Å²) in [5.74, 6) is -1.13. The molecular weight excluding hydrogens is 330 g/mol. The predicted octanol–water partition coefficient (Wildman–Crippen LogP) is 3.26. The van der Waals surface area contributed by atoms with Gasteiger partial charge in [0.15, 0.2) is 0 Å². The molecule has 0 saturated carbocycles. The van der Waals surface area contributed by atoms with Gasteiger partial charge in [-0.25, -0.2) is 0 Å². The third-order valence-electron chi connectivity index (χ3n) is 4.12. The Morgan fingerprint density at radius 2 is 1.96 bits per heavy atom. The van der Waals surface area contributed by atoms with E-state index in [-0.39, 0.29) is 24.1 Å². The first-order valence-electron chi connectivity index (χ1n) is 8.17. The molecule has 6 heteroatoms. The zero-order valence-electron chi connectivity index (χ0n) is 14.5. The first kappa shape index (κ1) is 18.7. The van der Waals surface area contributed by atoms with Crippen molar-refractivity contribution < 1.29 is 19.1 Å². The highest BCUT2D eigenvalue weighted by atomic mass is 35.5. The summed E-state index contributed by atoms with van der Waals surface area (Å²) >= 11 is 5.94. The van der Waals surface area contributed by atoms with Gasteiger partial charge in [0.25, 0.3) is 0 Å². The zero-order valence-corrected chi connectivity index (χ0v) is 15.2. The van der Waals surface area contributed by atoms with E-state index in [4.69, 9.17) is 21.1 Å². The smallest absolute Gasteiger partial charge is 0.326 e. The lowest BCUT2D eigenvalue weighted by Gasteiger charge is -2.25. The van der Waals surface area contributed by atoms with E-state index in [2.05, 4.69) is 5.32 Å². The quantitative estimate of drug-likeness (QED) is 0.823. The van der Waals surface area contributed by atoms with Crippen LogP contribution in [0.2, 0.25) is 5.02 Å². The van der Waals surface area contributed by atoms with Gasteiger partial charge in [-0.3, -0.25) is 14.9 Å². The number of rotatable bonds is 5. The summed E-state index contributed by atoms with van der Waals surface area (Å²) in [6.45, 7) is 7.44. The Labute approximate surface area is 147 Å². The van der Waals surface area contributed by atoms with Gasteiger partial charge in [0.2, 0.25) is 0 Å². The fourth-order valence-corrected chi connectivity index (χ4v) is 3.13. The lowest BCUT2D eigenvalue weighted by Crippen LogP contribution is -2.47. The molecule has 0 unspecified atom stereocenters. The van der Waals surface area contributed by atoms with Crippen LogP contribution in [0.1, 0.15) is 45.7 Å². The van der Waals surface area contributed by atoms with Gasteiger partial charge in [-0.1, -0.05) is 23.7 Å². The minimum Gasteiger partial charge on any atom is -0.466 e. The molecule has 0 aliphatic carbocycles. The lowest BCUT2D eigenvalue weighted by molar-refractivity contribution is -0.154. The molecule has 132 valence electrons. The van der Waals surface area contributed by atoms with E-state index in [1.165, 1.54) is 0 Å². The highest BCUT2D eigenvalue weighted by Crippen LogP contribution is 2.40. The Bertz CT molecular complexity index is 602. The highest BCUT2D eigenvalue weighted by Gasteiger charge is 2.51. The van der Waals surface area contributed by atoms with Crippen molar-refractivity contribution in [3.8, 4) is 0 Å². The van der Waals surface area contributed by atoms with E-state index in [1.807, 2.05) is 12.1 Å². The molecule has 0 bridgehead atoms. The van der Waals surface area contributed by atoms with Crippen molar-refractivity contribution in [2.24, 2.45) is 5.92 Å². The van der Waals surface area contributed by atoms with E-state index < -0.39 is 11.5 Å². The number of benzene rings is 1. The second-order valence-corrected chi connectivity index (χ2v) is 6.96. The second-order valence-electron chi connectivity index (χ2n) is 6.52. The molecule has 0 aromatic heterocycles. The van der Waals surface area contributed by atoms with Crippen LogP contribution in [-0.2, 0) is 19.1 Å². The number of ether oxygens (including phenoxy) is 2. The van der Waals surface area contributed by atoms with Crippen LogP contribution in [0.5, 0.6) is 0 Å². The van der Waals surface area contributed by atoms with Gasteiger partial charge in [-0.2, -0.15) is 0 Å². The Morgan fingerprint density at radius 3 is 2.50 bits per heavy atom. The maximum atomic E-state index is 12.5. The van der Waals surface area contributed by atoms with E-state index in [0.717, 1.165) is 5.56 Å². The van der Waals surface area contributed by atoms with Gasteiger partial charge >= 0.3 is 11.9 Å². The fourth-order valence-electron chi connectivity index (χ4n) is 3.00. The topological polar surface area (TPSA) is 64.6 Å². The zero-order chi connectivity index (χ0) is 17.9. The normalized spacial score (nSPS) is 26.4. The van der Waals surface area contributed by atoms with Crippen LogP contribution in [-0.4, -0.2) is 30.2 Å². The van der Waals surface area contributed by atoms with Gasteiger partial charge in [0.05, 0.1) is 18.6 Å². The van der Waals surface area contributed by atoms with Crippen molar-refractivity contribution in [3.63, 3.8) is 0 Å². The van der Waals surface area contributed by atoms with Crippen LogP contribution >= 0.6 is 11.6 Å². The monoisotopic (exact) mass is 353 g/mol. The molecule has 24 heavy (non-hydrogen) atoms. The average molecular weight is 354 g/mol. The van der Waals surface area contributed by atoms with E-state index in [0.29, 0.717) is 18.1 Å². The summed E-state index contributed by atoms with van der Waals surface area (Å²) in [7, 11) is 0. The number of esters is 2. The Balaban J connectivity index is 2.30. The fraction of sp³-hybridized carbons (Fsp3) is 0.556. The molecule has 1 heterocycles. The second kappa shape index (κ2) is 7.53. The van der Waals surface area contributed by atoms with Crippen molar-refractivity contribution in [2.45, 2.75) is 51.8 Å². The Kier molecular flexibility index (Phi) is 5.88. The first-order chi connectivity index (χ1) is 11.3. The summed E-state index contributed by atoms with van der Waals surface area (Å²) in [4.78, 5) is 24.9. The molecule has 1 N–H and O–H groups in total. The third-order valence-corrected chi connectivity index (χ3v) is 4.37. The Morgan fingerprint density at radius 1 is 1.33 bits per heavy atom. The number of halogens is 1. The molecule has 1 fully saturated rings. The molecule has 1 aliphatic heterocycles. The number of carbonyl (C=O) groups is 2. The molecule has 3 atom stereocenters. The predicted molar refractivity (Wildman–Crippen MR) is 91.7 cm³/mol. The lowest BCUT2D eigenvalue weighted by atomic mass is 9.90. The molecule has 0 spiro atoms. The number of hydrogen-bond donors (Lipinski definition) is 1. The Hall–Kier alpha value is -1.59. The van der Waals surface area contributed by atoms with Gasteiger partial charge < -0.3 is 9.47 Å². The minimum atomic E-state index is -0.938. The van der Waals surface area contributed by atoms with Gasteiger partial charge in [0.1, 0.15) is 5.54 Å². The summed E-state index contributed by atoms with van der Waals surface area (Å²) in [5.41, 5.74) is -0.0510. The molecular formula is C18H24ClNO4. The molecule has 1 saturated heterocycles. The molecule has 5 nitrogen and oxygen atoms in total.